The monoisotopic (exact) mass is 506 g/mol. The molecule has 8 nitrogen and oxygen atoms in total. The molecule has 0 bridgehead atoms. The average molecular weight is 507 g/mol. The van der Waals surface area contributed by atoms with Crippen molar-refractivity contribution < 1.29 is 33.4 Å². The largest absolute Gasteiger partial charge is 0.496 e. The fourth-order valence-corrected chi connectivity index (χ4v) is 4.85. The van der Waals surface area contributed by atoms with Crippen LogP contribution in [0.3, 0.4) is 0 Å². The summed E-state index contributed by atoms with van der Waals surface area (Å²) in [7, 11) is 1.36. The minimum Gasteiger partial charge on any atom is -0.496 e. The number of carboxylic acid groups (broad SMARTS) is 1. The molecular weight excluding hydrogens is 467 g/mol. The summed E-state index contributed by atoms with van der Waals surface area (Å²) in [5.41, 5.74) is 0.129. The van der Waals surface area contributed by atoms with Gasteiger partial charge >= 0.3 is 5.97 Å². The van der Waals surface area contributed by atoms with Crippen LogP contribution in [0.2, 0.25) is 0 Å². The van der Waals surface area contributed by atoms with E-state index in [1.165, 1.54) is 13.2 Å². The Bertz CT molecular complexity index is 958. The highest BCUT2D eigenvalue weighted by atomic mass is 19.1. The van der Waals surface area contributed by atoms with Gasteiger partial charge in [-0.15, -0.1) is 0 Å². The maximum Gasteiger partial charge on any atom is 0.306 e. The van der Waals surface area contributed by atoms with Gasteiger partial charge in [0, 0.05) is 18.7 Å². The summed E-state index contributed by atoms with van der Waals surface area (Å²) < 4.78 is 25.8. The highest BCUT2D eigenvalue weighted by molar-refractivity contribution is 5.98. The first-order chi connectivity index (χ1) is 17.0. The molecule has 2 aliphatic rings. The van der Waals surface area contributed by atoms with E-state index in [0.717, 1.165) is 18.9 Å². The molecule has 0 aliphatic heterocycles. The van der Waals surface area contributed by atoms with E-state index in [1.807, 2.05) is 0 Å². The number of methoxy groups -OCH3 is 1. The van der Waals surface area contributed by atoms with E-state index in [4.69, 9.17) is 9.47 Å². The number of rotatable bonds is 10. The summed E-state index contributed by atoms with van der Waals surface area (Å²) >= 11 is 0. The average Bonchev–Trinajstić information content (AvgIpc) is 3.32. The fraction of sp³-hybridized carbons (Fsp3) is 0.667. The number of benzene rings is 1. The van der Waals surface area contributed by atoms with Crippen LogP contribution in [0.4, 0.5) is 4.39 Å². The Hall–Kier alpha value is -2.84. The second kappa shape index (κ2) is 11.9. The van der Waals surface area contributed by atoms with Gasteiger partial charge in [0.25, 0.3) is 5.91 Å². The summed E-state index contributed by atoms with van der Waals surface area (Å²) in [5, 5.41) is 15.2. The molecule has 2 atom stereocenters. The summed E-state index contributed by atoms with van der Waals surface area (Å²) in [4.78, 5) is 37.3. The normalized spacial score (nSPS) is 24.1. The van der Waals surface area contributed by atoms with Gasteiger partial charge in [-0.1, -0.05) is 27.2 Å². The molecule has 1 aromatic carbocycles. The van der Waals surface area contributed by atoms with E-state index in [-0.39, 0.29) is 46.4 Å². The van der Waals surface area contributed by atoms with Gasteiger partial charge in [0.05, 0.1) is 30.6 Å². The van der Waals surface area contributed by atoms with Gasteiger partial charge in [0.1, 0.15) is 5.75 Å². The van der Waals surface area contributed by atoms with Crippen LogP contribution in [0.15, 0.2) is 12.1 Å². The van der Waals surface area contributed by atoms with E-state index in [1.54, 1.807) is 0 Å². The number of hydrogen-bond acceptors (Lipinski definition) is 5. The van der Waals surface area contributed by atoms with Crippen LogP contribution in [0, 0.1) is 23.1 Å². The predicted octanol–water partition coefficient (Wildman–Crippen LogP) is 4.31. The van der Waals surface area contributed by atoms with Gasteiger partial charge in [0.2, 0.25) is 5.91 Å². The van der Waals surface area contributed by atoms with Crippen LogP contribution < -0.4 is 20.1 Å². The molecule has 2 amide bonds. The van der Waals surface area contributed by atoms with Crippen LogP contribution in [0.1, 0.15) is 82.5 Å². The van der Waals surface area contributed by atoms with Gasteiger partial charge < -0.3 is 25.2 Å². The molecule has 0 heterocycles. The Morgan fingerprint density at radius 1 is 1.08 bits per heavy atom. The molecular formula is C27H39FN2O6. The summed E-state index contributed by atoms with van der Waals surface area (Å²) in [6.07, 6.45) is 4.74. The molecule has 3 rings (SSSR count). The zero-order valence-electron chi connectivity index (χ0n) is 21.7. The highest BCUT2D eigenvalue weighted by Gasteiger charge is 2.35. The minimum atomic E-state index is -0.823. The van der Waals surface area contributed by atoms with Gasteiger partial charge in [-0.05, 0) is 56.4 Å². The van der Waals surface area contributed by atoms with Crippen LogP contribution in [-0.2, 0) is 9.59 Å². The first kappa shape index (κ1) is 27.7. The fourth-order valence-electron chi connectivity index (χ4n) is 4.85. The van der Waals surface area contributed by atoms with E-state index in [0.29, 0.717) is 45.1 Å². The summed E-state index contributed by atoms with van der Waals surface area (Å²) in [5.74, 6) is -2.71. The third-order valence-corrected chi connectivity index (χ3v) is 7.68. The van der Waals surface area contributed by atoms with Crippen LogP contribution in [-0.4, -0.2) is 48.7 Å². The molecule has 200 valence electrons. The number of carbonyl (C=O) groups excluding carboxylic acids is 2. The second-order valence-corrected chi connectivity index (χ2v) is 10.8. The van der Waals surface area contributed by atoms with Crippen molar-refractivity contribution in [3.63, 3.8) is 0 Å². The zero-order chi connectivity index (χ0) is 26.5. The van der Waals surface area contributed by atoms with Crippen molar-refractivity contribution in [2.75, 3.05) is 13.7 Å². The van der Waals surface area contributed by atoms with Crippen LogP contribution in [0.5, 0.6) is 11.5 Å². The molecule has 0 aromatic heterocycles. The van der Waals surface area contributed by atoms with E-state index >= 15 is 0 Å². The molecule has 1 aromatic rings. The maximum atomic E-state index is 14.7. The van der Waals surface area contributed by atoms with Crippen molar-refractivity contribution >= 4 is 17.8 Å². The Morgan fingerprint density at radius 3 is 2.39 bits per heavy atom. The standard InChI is InChI=1S/C27H39FN2O6/c1-5-27(2,3)15-29-24(31)18-7-6-8-21(18)30-25(32)19-13-23(20(28)14-22(19)35-4)36-17-11-9-16(10-12-17)26(33)34/h13-14,16-18,21H,5-12,15H2,1-4H3,(H,29,31)(H,30,32)(H,33,34). The van der Waals surface area contributed by atoms with Crippen molar-refractivity contribution in [1.82, 2.24) is 10.6 Å². The van der Waals surface area contributed by atoms with Gasteiger partial charge in [-0.25, -0.2) is 4.39 Å². The lowest BCUT2D eigenvalue weighted by Gasteiger charge is -2.27. The quantitative estimate of drug-likeness (QED) is 0.436. The molecule has 2 saturated carbocycles. The third-order valence-electron chi connectivity index (χ3n) is 7.68. The van der Waals surface area contributed by atoms with E-state index in [2.05, 4.69) is 31.4 Å². The third kappa shape index (κ3) is 6.89. The molecule has 2 unspecified atom stereocenters. The van der Waals surface area contributed by atoms with Crippen molar-refractivity contribution in [3.05, 3.63) is 23.5 Å². The van der Waals surface area contributed by atoms with Crippen LogP contribution in [0.25, 0.3) is 0 Å². The number of hydrogen-bond donors (Lipinski definition) is 3. The van der Waals surface area contributed by atoms with Crippen molar-refractivity contribution in [2.24, 2.45) is 17.3 Å². The molecule has 0 radical (unpaired) electrons. The molecule has 2 fully saturated rings. The van der Waals surface area contributed by atoms with Gasteiger partial charge in [0.15, 0.2) is 11.6 Å². The molecule has 3 N–H and O–H groups in total. The van der Waals surface area contributed by atoms with Gasteiger partial charge in [-0.2, -0.15) is 0 Å². The first-order valence-electron chi connectivity index (χ1n) is 12.9. The number of amides is 2. The molecule has 9 heteroatoms. The topological polar surface area (TPSA) is 114 Å². The summed E-state index contributed by atoms with van der Waals surface area (Å²) in [6, 6.07) is 2.13. The molecule has 0 saturated heterocycles. The Kier molecular flexibility index (Phi) is 9.19. The van der Waals surface area contributed by atoms with E-state index in [9.17, 15) is 23.9 Å². The number of halogens is 1. The molecule has 36 heavy (non-hydrogen) atoms. The zero-order valence-corrected chi connectivity index (χ0v) is 21.7. The van der Waals surface area contributed by atoms with Crippen molar-refractivity contribution in [2.45, 2.75) is 84.3 Å². The summed E-state index contributed by atoms with van der Waals surface area (Å²) in [6.45, 7) is 6.85. The number of nitrogens with one attached hydrogen (secondary N) is 2. The molecule has 2 aliphatic carbocycles. The van der Waals surface area contributed by atoms with Crippen molar-refractivity contribution in [3.8, 4) is 11.5 Å². The Labute approximate surface area is 212 Å². The number of carbonyl (C=O) groups is 3. The van der Waals surface area contributed by atoms with Crippen LogP contribution >= 0.6 is 0 Å². The second-order valence-electron chi connectivity index (χ2n) is 10.8. The van der Waals surface area contributed by atoms with Gasteiger partial charge in [-0.3, -0.25) is 14.4 Å². The highest BCUT2D eigenvalue weighted by Crippen LogP contribution is 2.33. The maximum absolute atomic E-state index is 14.7. The number of ether oxygens (including phenoxy) is 2. The lowest BCUT2D eigenvalue weighted by Crippen LogP contribution is -2.45. The Morgan fingerprint density at radius 2 is 1.78 bits per heavy atom. The SMILES string of the molecule is CCC(C)(C)CNC(=O)C1CCCC1NC(=O)c1cc(OC2CCC(C(=O)O)CC2)c(F)cc1OC. The number of carboxylic acids is 1. The smallest absolute Gasteiger partial charge is 0.306 e. The van der Waals surface area contributed by atoms with Crippen molar-refractivity contribution in [1.29, 1.82) is 0 Å². The lowest BCUT2D eigenvalue weighted by molar-refractivity contribution is -0.143. The Balaban J connectivity index is 1.68. The lowest BCUT2D eigenvalue weighted by atomic mass is 9.87. The first-order valence-corrected chi connectivity index (χ1v) is 12.9. The number of aliphatic carboxylic acids is 1. The van der Waals surface area contributed by atoms with E-state index < -0.39 is 23.6 Å². The minimum absolute atomic E-state index is 0.00223. The predicted molar refractivity (Wildman–Crippen MR) is 133 cm³/mol. The molecule has 0 spiro atoms.